The average Bonchev–Trinajstić information content (AvgIpc) is 3.74. The lowest BCUT2D eigenvalue weighted by molar-refractivity contribution is 0.0122. The van der Waals surface area contributed by atoms with E-state index in [4.69, 9.17) is 28.9 Å². The Morgan fingerprint density at radius 1 is 1.04 bits per heavy atom. The monoisotopic (exact) mass is 716 g/mol. The molecule has 12 heteroatoms. The summed E-state index contributed by atoms with van der Waals surface area (Å²) in [6, 6.07) is 11.1. The maximum atomic E-state index is 14.7. The summed E-state index contributed by atoms with van der Waals surface area (Å²) in [7, 11) is 1.63. The van der Waals surface area contributed by atoms with Gasteiger partial charge in [-0.15, -0.1) is 0 Å². The highest BCUT2D eigenvalue weighted by molar-refractivity contribution is 5.98. The van der Waals surface area contributed by atoms with Crippen molar-refractivity contribution in [2.75, 3.05) is 63.0 Å². The standard InChI is InChI=1S/C40H53FN6O5/c1-6-26-9-7-10-27-17-31(51-25-49-5)18-34(35(26)27)44-16-13-32-33(23-44)42-37(50-24-40-14-8-15-46(40)20-28(41)19-40)43-36(32)45-21-29-11-12-30(22-45)47(29)38(48)52-39(2,3)4/h7,9-10,17-18,28-30H,6,8,11-16,19-25H2,1-5H3/t28?,29-,30+,40?. The van der Waals surface area contributed by atoms with E-state index in [9.17, 15) is 9.18 Å². The highest BCUT2D eigenvalue weighted by Gasteiger charge is 2.50. The van der Waals surface area contributed by atoms with Crippen LogP contribution in [-0.4, -0.2) is 108 Å². The summed E-state index contributed by atoms with van der Waals surface area (Å²) >= 11 is 0. The van der Waals surface area contributed by atoms with Gasteiger partial charge in [0, 0.05) is 62.4 Å². The van der Waals surface area contributed by atoms with Crippen LogP contribution in [0.1, 0.15) is 76.6 Å². The van der Waals surface area contributed by atoms with Crippen molar-refractivity contribution in [1.29, 1.82) is 0 Å². The molecule has 4 saturated heterocycles. The number of aromatic nitrogens is 2. The van der Waals surface area contributed by atoms with Crippen LogP contribution in [0.15, 0.2) is 30.3 Å². The van der Waals surface area contributed by atoms with Crippen LogP contribution in [0.3, 0.4) is 0 Å². The lowest BCUT2D eigenvalue weighted by Crippen LogP contribution is -2.57. The number of carbonyl (C=O) groups excluding carboxylic acids is 1. The highest BCUT2D eigenvalue weighted by Crippen LogP contribution is 2.42. The number of fused-ring (bicyclic) bond motifs is 5. The lowest BCUT2D eigenvalue weighted by Gasteiger charge is -2.43. The van der Waals surface area contributed by atoms with Crippen molar-refractivity contribution in [3.8, 4) is 11.8 Å². The van der Waals surface area contributed by atoms with E-state index in [-0.39, 0.29) is 30.5 Å². The van der Waals surface area contributed by atoms with Crippen LogP contribution in [0.2, 0.25) is 0 Å². The SMILES string of the molecule is CCc1cccc2cc(OCOC)cc(N3CCc4c(nc(OCC56CCCN5CC(F)C6)nc4N4C[C@H]5CC[C@@H](C4)N5C(=O)OC(C)(C)C)C3)c12. The molecule has 0 aliphatic carbocycles. The fourth-order valence-corrected chi connectivity index (χ4v) is 9.47. The molecule has 0 saturated carbocycles. The Hall–Kier alpha value is -3.90. The summed E-state index contributed by atoms with van der Waals surface area (Å²) in [5.74, 6) is 1.66. The molecule has 1 amide bonds. The van der Waals surface area contributed by atoms with Crippen molar-refractivity contribution in [2.45, 2.75) is 109 Å². The molecule has 11 nitrogen and oxygen atoms in total. The number of nitrogens with zero attached hydrogens (tertiary/aromatic N) is 6. The zero-order valence-corrected chi connectivity index (χ0v) is 31.3. The molecule has 4 atom stereocenters. The molecule has 3 aromatic rings. The number of anilines is 2. The highest BCUT2D eigenvalue weighted by atomic mass is 19.1. The van der Waals surface area contributed by atoms with Gasteiger partial charge in [-0.2, -0.15) is 9.97 Å². The van der Waals surface area contributed by atoms with Gasteiger partial charge in [0.05, 0.1) is 29.9 Å². The van der Waals surface area contributed by atoms with Crippen molar-refractivity contribution in [3.05, 3.63) is 47.2 Å². The number of hydrogen-bond acceptors (Lipinski definition) is 10. The first-order valence-electron chi connectivity index (χ1n) is 19.1. The Morgan fingerprint density at radius 3 is 2.60 bits per heavy atom. The van der Waals surface area contributed by atoms with Gasteiger partial charge in [0.25, 0.3) is 0 Å². The minimum atomic E-state index is -0.833. The maximum absolute atomic E-state index is 14.7. The minimum absolute atomic E-state index is 0.0447. The number of hydrogen-bond donors (Lipinski definition) is 0. The third-order valence-corrected chi connectivity index (χ3v) is 11.7. The molecule has 2 bridgehead atoms. The van der Waals surface area contributed by atoms with Crippen LogP contribution in [-0.2, 0) is 28.9 Å². The van der Waals surface area contributed by atoms with Gasteiger partial charge in [0.1, 0.15) is 29.9 Å². The number of rotatable bonds is 9. The molecule has 0 spiro atoms. The van der Waals surface area contributed by atoms with E-state index in [1.807, 2.05) is 25.7 Å². The largest absolute Gasteiger partial charge is 0.467 e. The third kappa shape index (κ3) is 6.61. The first kappa shape index (κ1) is 35.1. The number of halogens is 1. The van der Waals surface area contributed by atoms with E-state index in [0.717, 1.165) is 85.5 Å². The zero-order chi connectivity index (χ0) is 36.2. The first-order chi connectivity index (χ1) is 25.0. The number of benzene rings is 2. The van der Waals surface area contributed by atoms with Crippen LogP contribution in [0.5, 0.6) is 11.8 Å². The van der Waals surface area contributed by atoms with Gasteiger partial charge in [-0.3, -0.25) is 9.80 Å². The van der Waals surface area contributed by atoms with E-state index in [1.165, 1.54) is 10.9 Å². The summed E-state index contributed by atoms with van der Waals surface area (Å²) in [5, 5.41) is 2.35. The fourth-order valence-electron chi connectivity index (χ4n) is 9.47. The van der Waals surface area contributed by atoms with Gasteiger partial charge in [-0.1, -0.05) is 25.1 Å². The summed E-state index contributed by atoms with van der Waals surface area (Å²) in [6.07, 6.45) is 4.92. The molecule has 6 heterocycles. The average molecular weight is 717 g/mol. The second-order valence-electron chi connectivity index (χ2n) is 16.3. The van der Waals surface area contributed by atoms with Crippen molar-refractivity contribution >= 4 is 28.4 Å². The number of amides is 1. The van der Waals surface area contributed by atoms with Crippen molar-refractivity contribution in [1.82, 2.24) is 19.8 Å². The summed E-state index contributed by atoms with van der Waals surface area (Å²) in [6.45, 7) is 12.6. The molecular weight excluding hydrogens is 663 g/mol. The fraction of sp³-hybridized carbons (Fsp3) is 0.625. The van der Waals surface area contributed by atoms with E-state index >= 15 is 0 Å². The quantitative estimate of drug-likeness (QED) is 0.236. The van der Waals surface area contributed by atoms with Gasteiger partial charge >= 0.3 is 12.1 Å². The summed E-state index contributed by atoms with van der Waals surface area (Å²) < 4.78 is 38.3. The molecule has 5 aliphatic heterocycles. The molecule has 1 aromatic heterocycles. The molecule has 52 heavy (non-hydrogen) atoms. The Bertz CT molecular complexity index is 1810. The zero-order valence-electron chi connectivity index (χ0n) is 31.3. The smallest absolute Gasteiger partial charge is 0.410 e. The van der Waals surface area contributed by atoms with E-state index in [1.54, 1.807) is 7.11 Å². The predicted octanol–water partition coefficient (Wildman–Crippen LogP) is 6.28. The number of carbonyl (C=O) groups is 1. The van der Waals surface area contributed by atoms with E-state index < -0.39 is 11.8 Å². The topological polar surface area (TPSA) is 92.7 Å². The molecule has 5 aliphatic rings. The van der Waals surface area contributed by atoms with Gasteiger partial charge in [0.15, 0.2) is 6.79 Å². The Labute approximate surface area is 306 Å². The Balaban J connectivity index is 1.14. The molecule has 280 valence electrons. The van der Waals surface area contributed by atoms with Crippen LogP contribution >= 0.6 is 0 Å². The third-order valence-electron chi connectivity index (χ3n) is 11.7. The molecule has 2 unspecified atom stereocenters. The Kier molecular flexibility index (Phi) is 9.34. The lowest BCUT2D eigenvalue weighted by atomic mass is 9.95. The molecule has 8 rings (SSSR count). The Morgan fingerprint density at radius 2 is 1.85 bits per heavy atom. The second kappa shape index (κ2) is 13.8. The normalized spacial score (nSPS) is 25.8. The maximum Gasteiger partial charge on any atom is 0.410 e. The second-order valence-corrected chi connectivity index (χ2v) is 16.3. The van der Waals surface area contributed by atoms with E-state index in [0.29, 0.717) is 45.2 Å². The molecule has 2 aromatic carbocycles. The number of methoxy groups -OCH3 is 1. The molecular formula is C40H53FN6O5. The van der Waals surface area contributed by atoms with Crippen molar-refractivity contribution in [2.24, 2.45) is 0 Å². The number of aryl methyl sites for hydroxylation is 1. The van der Waals surface area contributed by atoms with Crippen LogP contribution in [0.4, 0.5) is 20.7 Å². The van der Waals surface area contributed by atoms with Crippen molar-refractivity contribution < 1.29 is 28.1 Å². The first-order valence-corrected chi connectivity index (χ1v) is 19.1. The summed E-state index contributed by atoms with van der Waals surface area (Å²) in [4.78, 5) is 32.5. The van der Waals surface area contributed by atoms with E-state index in [2.05, 4.69) is 52.0 Å². The van der Waals surface area contributed by atoms with Crippen molar-refractivity contribution in [3.63, 3.8) is 0 Å². The number of piperazine rings is 1. The van der Waals surface area contributed by atoms with Gasteiger partial charge in [-0.25, -0.2) is 9.18 Å². The van der Waals surface area contributed by atoms with Gasteiger partial charge < -0.3 is 28.7 Å². The van der Waals surface area contributed by atoms with Gasteiger partial charge in [0.2, 0.25) is 0 Å². The van der Waals surface area contributed by atoms with Crippen LogP contribution in [0, 0.1) is 0 Å². The summed E-state index contributed by atoms with van der Waals surface area (Å²) in [5.41, 5.74) is 3.61. The van der Waals surface area contributed by atoms with Crippen LogP contribution < -0.4 is 19.3 Å². The predicted molar refractivity (Wildman–Crippen MR) is 198 cm³/mol. The molecule has 4 fully saturated rings. The van der Waals surface area contributed by atoms with Gasteiger partial charge in [-0.05, 0) is 82.9 Å². The molecule has 0 N–H and O–H groups in total. The minimum Gasteiger partial charge on any atom is -0.467 e. The van der Waals surface area contributed by atoms with Crippen LogP contribution in [0.25, 0.3) is 10.8 Å². The number of ether oxygens (including phenoxy) is 4. The number of alkyl halides is 1. The molecule has 0 radical (unpaired) electrons.